The van der Waals surface area contributed by atoms with Gasteiger partial charge in [-0.05, 0) is 37.8 Å². The Balaban J connectivity index is 2.40. The van der Waals surface area contributed by atoms with Crippen molar-refractivity contribution in [2.45, 2.75) is 43.0 Å². The number of hydrogen-bond acceptors (Lipinski definition) is 3. The fourth-order valence-electron chi connectivity index (χ4n) is 2.30. The zero-order chi connectivity index (χ0) is 14.3. The van der Waals surface area contributed by atoms with E-state index in [0.29, 0.717) is 5.69 Å². The quantitative estimate of drug-likeness (QED) is 0.836. The summed E-state index contributed by atoms with van der Waals surface area (Å²) in [6.07, 6.45) is 3.45. The summed E-state index contributed by atoms with van der Waals surface area (Å²) in [5, 5.41) is 0.0890. The second-order valence-corrected chi connectivity index (χ2v) is 7.34. The molecule has 0 spiro atoms. The molecule has 7 heteroatoms. The highest BCUT2D eigenvalue weighted by Gasteiger charge is 2.40. The fourth-order valence-corrected chi connectivity index (χ4v) is 5.07. The number of benzene rings is 1. The maximum absolute atomic E-state index is 12.4. The Bertz CT molecular complexity index is 569. The van der Waals surface area contributed by atoms with Gasteiger partial charge >= 0.3 is 0 Å². The molecule has 4 nitrogen and oxygen atoms in total. The van der Waals surface area contributed by atoms with E-state index in [1.54, 1.807) is 0 Å². The Morgan fingerprint density at radius 3 is 2.21 bits per heavy atom. The largest absolute Gasteiger partial charge is 0.399 e. The van der Waals surface area contributed by atoms with Gasteiger partial charge in [-0.15, -0.1) is 0 Å². The topological polar surface area (TPSA) is 72.2 Å². The Kier molecular flexibility index (Phi) is 4.02. The molecule has 0 aromatic heterocycles. The Morgan fingerprint density at radius 1 is 1.32 bits per heavy atom. The van der Waals surface area contributed by atoms with Crippen molar-refractivity contribution in [2.75, 3.05) is 5.73 Å². The van der Waals surface area contributed by atoms with Crippen LogP contribution >= 0.6 is 23.2 Å². The number of rotatable bonds is 4. The molecule has 106 valence electrons. The molecule has 2 rings (SSSR count). The lowest BCUT2D eigenvalue weighted by Crippen LogP contribution is -2.52. The molecule has 1 aliphatic carbocycles. The number of sulfonamides is 1. The lowest BCUT2D eigenvalue weighted by molar-refractivity contribution is 0.214. The smallest absolute Gasteiger partial charge is 0.244 e. The van der Waals surface area contributed by atoms with Crippen molar-refractivity contribution in [2.24, 2.45) is 0 Å². The molecule has 0 atom stereocenters. The molecule has 1 aromatic carbocycles. The number of anilines is 1. The molecule has 0 amide bonds. The van der Waals surface area contributed by atoms with E-state index in [0.717, 1.165) is 25.7 Å². The lowest BCUT2D eigenvalue weighted by Gasteiger charge is -2.41. The molecular weight excluding hydrogens is 307 g/mol. The number of nitrogen functional groups attached to an aromatic ring is 1. The van der Waals surface area contributed by atoms with Gasteiger partial charge < -0.3 is 5.73 Å². The van der Waals surface area contributed by atoms with E-state index in [9.17, 15) is 8.42 Å². The first-order valence-electron chi connectivity index (χ1n) is 6.08. The molecule has 0 heterocycles. The molecule has 0 radical (unpaired) electrons. The maximum Gasteiger partial charge on any atom is 0.244 e. The third-order valence-electron chi connectivity index (χ3n) is 3.63. The Labute approximate surface area is 123 Å². The van der Waals surface area contributed by atoms with Gasteiger partial charge in [0, 0.05) is 11.2 Å². The molecular formula is C12H16Cl2N2O2S. The monoisotopic (exact) mass is 322 g/mol. The number of hydrogen-bond donors (Lipinski definition) is 2. The minimum absolute atomic E-state index is 0.0445. The van der Waals surface area contributed by atoms with E-state index < -0.39 is 10.0 Å². The fraction of sp³-hybridized carbons (Fsp3) is 0.500. The highest BCUT2D eigenvalue weighted by molar-refractivity contribution is 7.89. The highest BCUT2D eigenvalue weighted by atomic mass is 35.5. The summed E-state index contributed by atoms with van der Waals surface area (Å²) in [6.45, 7) is 1.97. The maximum atomic E-state index is 12.4. The number of nitrogens with two attached hydrogens (primary N) is 1. The number of nitrogens with one attached hydrogen (secondary N) is 1. The van der Waals surface area contributed by atoms with Crippen molar-refractivity contribution >= 4 is 38.9 Å². The summed E-state index contributed by atoms with van der Waals surface area (Å²) >= 11 is 11.9. The Morgan fingerprint density at radius 2 is 1.84 bits per heavy atom. The van der Waals surface area contributed by atoms with Gasteiger partial charge in [-0.2, -0.15) is 0 Å². The summed E-state index contributed by atoms with van der Waals surface area (Å²) < 4.78 is 27.6. The zero-order valence-electron chi connectivity index (χ0n) is 10.5. The molecule has 1 aliphatic rings. The first kappa shape index (κ1) is 14.9. The minimum Gasteiger partial charge on any atom is -0.399 e. The van der Waals surface area contributed by atoms with Crippen LogP contribution in [0, 0.1) is 0 Å². The van der Waals surface area contributed by atoms with E-state index in [1.807, 2.05) is 6.92 Å². The van der Waals surface area contributed by atoms with E-state index in [1.165, 1.54) is 12.1 Å². The van der Waals surface area contributed by atoms with Gasteiger partial charge in [0.15, 0.2) is 0 Å². The van der Waals surface area contributed by atoms with Gasteiger partial charge in [0.1, 0.15) is 4.90 Å². The van der Waals surface area contributed by atoms with Crippen molar-refractivity contribution in [3.05, 3.63) is 22.2 Å². The van der Waals surface area contributed by atoms with Crippen LogP contribution in [0.4, 0.5) is 5.69 Å². The van der Waals surface area contributed by atoms with Crippen molar-refractivity contribution < 1.29 is 8.42 Å². The average Bonchev–Trinajstić information content (AvgIpc) is 2.21. The lowest BCUT2D eigenvalue weighted by atomic mass is 9.76. The third-order valence-corrected chi connectivity index (χ3v) is 6.13. The SMILES string of the molecule is CCC1(NS(=O)(=O)c2c(Cl)cc(N)cc2Cl)CCC1. The van der Waals surface area contributed by atoms with Crippen molar-refractivity contribution in [3.63, 3.8) is 0 Å². The van der Waals surface area contributed by atoms with Crippen LogP contribution in [0.25, 0.3) is 0 Å². The van der Waals surface area contributed by atoms with E-state index >= 15 is 0 Å². The van der Waals surface area contributed by atoms with Crippen LogP contribution in [0.15, 0.2) is 17.0 Å². The van der Waals surface area contributed by atoms with Gasteiger partial charge in [-0.1, -0.05) is 30.1 Å². The molecule has 0 saturated heterocycles. The van der Waals surface area contributed by atoms with Gasteiger partial charge in [0.05, 0.1) is 10.0 Å². The standard InChI is InChI=1S/C12H16Cl2N2O2S/c1-2-12(4-3-5-12)16-19(17,18)11-9(13)6-8(15)7-10(11)14/h6-7,16H,2-5,15H2,1H3. The van der Waals surface area contributed by atoms with E-state index in [2.05, 4.69) is 4.72 Å². The second kappa shape index (κ2) is 5.13. The molecule has 1 saturated carbocycles. The average molecular weight is 323 g/mol. The van der Waals surface area contributed by atoms with Gasteiger partial charge in [0.25, 0.3) is 0 Å². The van der Waals surface area contributed by atoms with Crippen LogP contribution in [-0.2, 0) is 10.0 Å². The summed E-state index contributed by atoms with van der Waals surface area (Å²) in [5.41, 5.74) is 5.56. The van der Waals surface area contributed by atoms with Crippen LogP contribution in [0.5, 0.6) is 0 Å². The summed E-state index contributed by atoms with van der Waals surface area (Å²) in [5.74, 6) is 0. The van der Waals surface area contributed by atoms with Crippen molar-refractivity contribution in [3.8, 4) is 0 Å². The van der Waals surface area contributed by atoms with Crippen molar-refractivity contribution in [1.29, 1.82) is 0 Å². The molecule has 3 N–H and O–H groups in total. The predicted molar refractivity (Wildman–Crippen MR) is 78.1 cm³/mol. The van der Waals surface area contributed by atoms with E-state index in [-0.39, 0.29) is 20.5 Å². The molecule has 0 bridgehead atoms. The first-order chi connectivity index (χ1) is 8.80. The Hall–Kier alpha value is -0.490. The summed E-state index contributed by atoms with van der Waals surface area (Å²) in [6, 6.07) is 2.78. The minimum atomic E-state index is -3.74. The zero-order valence-corrected chi connectivity index (χ0v) is 12.9. The molecule has 0 unspecified atom stereocenters. The van der Waals surface area contributed by atoms with Crippen LogP contribution in [-0.4, -0.2) is 14.0 Å². The highest BCUT2D eigenvalue weighted by Crippen LogP contribution is 2.38. The summed E-state index contributed by atoms with van der Waals surface area (Å²) in [4.78, 5) is -0.0928. The second-order valence-electron chi connectivity index (χ2n) is 4.91. The normalized spacial score (nSPS) is 18.1. The van der Waals surface area contributed by atoms with Crippen molar-refractivity contribution in [1.82, 2.24) is 4.72 Å². The van der Waals surface area contributed by atoms with Crippen LogP contribution in [0.1, 0.15) is 32.6 Å². The molecule has 1 fully saturated rings. The molecule has 0 aliphatic heterocycles. The van der Waals surface area contributed by atoms with Crippen LogP contribution < -0.4 is 10.5 Å². The van der Waals surface area contributed by atoms with E-state index in [4.69, 9.17) is 28.9 Å². The van der Waals surface area contributed by atoms with Crippen LogP contribution in [0.2, 0.25) is 10.0 Å². The van der Waals surface area contributed by atoms with Crippen LogP contribution in [0.3, 0.4) is 0 Å². The molecule has 1 aromatic rings. The van der Waals surface area contributed by atoms with Gasteiger partial charge in [0.2, 0.25) is 10.0 Å². The van der Waals surface area contributed by atoms with Gasteiger partial charge in [-0.3, -0.25) is 0 Å². The predicted octanol–water partition coefficient (Wildman–Crippen LogP) is 3.19. The van der Waals surface area contributed by atoms with Gasteiger partial charge in [-0.25, -0.2) is 13.1 Å². The molecule has 19 heavy (non-hydrogen) atoms. The number of halogens is 2. The first-order valence-corrected chi connectivity index (χ1v) is 8.32. The summed E-state index contributed by atoms with van der Waals surface area (Å²) in [7, 11) is -3.74. The third kappa shape index (κ3) is 2.84.